The summed E-state index contributed by atoms with van der Waals surface area (Å²) in [4.78, 5) is 15.7. The van der Waals surface area contributed by atoms with Gasteiger partial charge in [0.1, 0.15) is 6.61 Å². The predicted octanol–water partition coefficient (Wildman–Crippen LogP) is 0.450. The van der Waals surface area contributed by atoms with Crippen LogP contribution in [0, 0.1) is 5.92 Å². The normalized spacial score (nSPS) is 20.6. The van der Waals surface area contributed by atoms with E-state index in [1.165, 1.54) is 19.5 Å². The minimum atomic E-state index is -0.280. The summed E-state index contributed by atoms with van der Waals surface area (Å²) in [6.07, 6.45) is 1.28. The largest absolute Gasteiger partial charge is 0.464 e. The molecule has 0 aromatic carbocycles. The molecule has 106 valence electrons. The van der Waals surface area contributed by atoms with E-state index in [0.29, 0.717) is 13.2 Å². The molecule has 0 N–H and O–H groups in total. The average molecular weight is 258 g/mol. The zero-order chi connectivity index (χ0) is 13.4. The Balaban J connectivity index is 2.00. The fourth-order valence-corrected chi connectivity index (χ4v) is 2.29. The van der Waals surface area contributed by atoms with Crippen molar-refractivity contribution in [2.24, 2.45) is 5.92 Å². The summed E-state index contributed by atoms with van der Waals surface area (Å²) in [7, 11) is 4.27. The number of nitrogens with zero attached hydrogens (tertiary/aromatic N) is 2. The summed E-state index contributed by atoms with van der Waals surface area (Å²) in [6, 6.07) is 0. The Hall–Kier alpha value is -0.650. The van der Waals surface area contributed by atoms with Crippen LogP contribution < -0.4 is 0 Å². The highest BCUT2D eigenvalue weighted by molar-refractivity contribution is 5.70. The summed E-state index contributed by atoms with van der Waals surface area (Å²) < 4.78 is 10.1. The van der Waals surface area contributed by atoms with Crippen molar-refractivity contribution in [2.45, 2.75) is 13.3 Å². The van der Waals surface area contributed by atoms with Crippen molar-refractivity contribution in [3.63, 3.8) is 0 Å². The molecule has 0 amide bonds. The molecule has 1 aliphatic rings. The molecule has 1 atom stereocenters. The maximum Gasteiger partial charge on any atom is 0.332 e. The molecule has 0 aromatic heterocycles. The summed E-state index contributed by atoms with van der Waals surface area (Å²) in [6.45, 7) is 7.21. The van der Waals surface area contributed by atoms with Crippen LogP contribution in [0.1, 0.15) is 13.3 Å². The second kappa shape index (κ2) is 8.45. The smallest absolute Gasteiger partial charge is 0.332 e. The van der Waals surface area contributed by atoms with E-state index in [0.717, 1.165) is 19.0 Å². The molecule has 0 bridgehead atoms. The zero-order valence-electron chi connectivity index (χ0n) is 11.9. The SMILES string of the molecule is CCOC(=O)COCCN(C)CC1CCN(C)C1. The fourth-order valence-electron chi connectivity index (χ4n) is 2.29. The van der Waals surface area contributed by atoms with Crippen LogP contribution in [0.25, 0.3) is 0 Å². The van der Waals surface area contributed by atoms with Crippen molar-refractivity contribution in [2.75, 3.05) is 60.1 Å². The van der Waals surface area contributed by atoms with Gasteiger partial charge in [-0.1, -0.05) is 0 Å². The molecule has 5 nitrogen and oxygen atoms in total. The second-order valence-electron chi connectivity index (χ2n) is 5.04. The van der Waals surface area contributed by atoms with Gasteiger partial charge in [-0.25, -0.2) is 4.79 Å². The molecule has 0 aliphatic carbocycles. The number of carbonyl (C=O) groups is 1. The number of hydrogen-bond donors (Lipinski definition) is 0. The first-order chi connectivity index (χ1) is 8.61. The van der Waals surface area contributed by atoms with E-state index in [9.17, 15) is 4.79 Å². The first kappa shape index (κ1) is 15.4. The van der Waals surface area contributed by atoms with Gasteiger partial charge in [0.2, 0.25) is 0 Å². The molecule has 0 aromatic rings. The van der Waals surface area contributed by atoms with Gasteiger partial charge in [0.25, 0.3) is 0 Å². The van der Waals surface area contributed by atoms with Crippen LogP contribution in [0.3, 0.4) is 0 Å². The standard InChI is InChI=1S/C13H26N2O3/c1-4-18-13(16)11-17-8-7-15(3)10-12-5-6-14(2)9-12/h12H,4-11H2,1-3H3. The minimum Gasteiger partial charge on any atom is -0.464 e. The quantitative estimate of drug-likeness (QED) is 0.467. The van der Waals surface area contributed by atoms with Crippen molar-refractivity contribution in [1.29, 1.82) is 0 Å². The molecule has 0 saturated carbocycles. The second-order valence-corrected chi connectivity index (χ2v) is 5.04. The van der Waals surface area contributed by atoms with Gasteiger partial charge in [-0.05, 0) is 39.9 Å². The van der Waals surface area contributed by atoms with Crippen molar-refractivity contribution in [3.05, 3.63) is 0 Å². The Kier molecular flexibility index (Phi) is 7.23. The maximum atomic E-state index is 11.0. The Morgan fingerprint density at radius 2 is 2.28 bits per heavy atom. The maximum absolute atomic E-state index is 11.0. The number of ether oxygens (including phenoxy) is 2. The topological polar surface area (TPSA) is 42.0 Å². The Morgan fingerprint density at radius 3 is 2.89 bits per heavy atom. The average Bonchev–Trinajstić information content (AvgIpc) is 2.70. The van der Waals surface area contributed by atoms with Gasteiger partial charge >= 0.3 is 5.97 Å². The molecular formula is C13H26N2O3. The molecule has 1 aliphatic heterocycles. The predicted molar refractivity (Wildman–Crippen MR) is 70.6 cm³/mol. The van der Waals surface area contributed by atoms with Crippen molar-refractivity contribution < 1.29 is 14.3 Å². The van der Waals surface area contributed by atoms with Gasteiger partial charge < -0.3 is 19.3 Å². The Morgan fingerprint density at radius 1 is 1.50 bits per heavy atom. The lowest BCUT2D eigenvalue weighted by Gasteiger charge is -2.20. The van der Waals surface area contributed by atoms with Crippen LogP contribution in [0.5, 0.6) is 0 Å². The van der Waals surface area contributed by atoms with Crippen LogP contribution in [-0.4, -0.2) is 75.9 Å². The highest BCUT2D eigenvalue weighted by Gasteiger charge is 2.20. The van der Waals surface area contributed by atoms with Gasteiger partial charge in [0, 0.05) is 19.6 Å². The van der Waals surface area contributed by atoms with E-state index < -0.39 is 0 Å². The van der Waals surface area contributed by atoms with Gasteiger partial charge in [0.05, 0.1) is 13.2 Å². The van der Waals surface area contributed by atoms with Gasteiger partial charge in [-0.3, -0.25) is 0 Å². The number of carbonyl (C=O) groups excluding carboxylic acids is 1. The summed E-state index contributed by atoms with van der Waals surface area (Å²) in [5, 5.41) is 0. The van der Waals surface area contributed by atoms with Gasteiger partial charge in [-0.15, -0.1) is 0 Å². The van der Waals surface area contributed by atoms with E-state index in [4.69, 9.17) is 9.47 Å². The molecule has 0 radical (unpaired) electrons. The van der Waals surface area contributed by atoms with E-state index in [1.807, 2.05) is 0 Å². The van der Waals surface area contributed by atoms with Crippen LogP contribution in [0.15, 0.2) is 0 Å². The zero-order valence-corrected chi connectivity index (χ0v) is 11.9. The third-order valence-corrected chi connectivity index (χ3v) is 3.20. The molecular weight excluding hydrogens is 232 g/mol. The van der Waals surface area contributed by atoms with Crippen molar-refractivity contribution >= 4 is 5.97 Å². The van der Waals surface area contributed by atoms with E-state index in [-0.39, 0.29) is 12.6 Å². The summed E-state index contributed by atoms with van der Waals surface area (Å²) in [5.41, 5.74) is 0. The Labute approximate surface area is 110 Å². The van der Waals surface area contributed by atoms with Crippen LogP contribution >= 0.6 is 0 Å². The first-order valence-corrected chi connectivity index (χ1v) is 6.72. The fraction of sp³-hybridized carbons (Fsp3) is 0.923. The molecule has 1 unspecified atom stereocenters. The van der Waals surface area contributed by atoms with Gasteiger partial charge in [-0.2, -0.15) is 0 Å². The highest BCUT2D eigenvalue weighted by Crippen LogP contribution is 2.14. The molecule has 0 spiro atoms. The number of esters is 1. The van der Waals surface area contributed by atoms with E-state index >= 15 is 0 Å². The molecule has 1 heterocycles. The van der Waals surface area contributed by atoms with Crippen LogP contribution in [0.2, 0.25) is 0 Å². The molecule has 5 heteroatoms. The Bertz CT molecular complexity index is 248. The molecule has 1 rings (SSSR count). The molecule has 1 saturated heterocycles. The first-order valence-electron chi connectivity index (χ1n) is 6.72. The third kappa shape index (κ3) is 6.33. The number of hydrogen-bond acceptors (Lipinski definition) is 5. The highest BCUT2D eigenvalue weighted by atomic mass is 16.6. The lowest BCUT2D eigenvalue weighted by molar-refractivity contribution is -0.148. The molecule has 18 heavy (non-hydrogen) atoms. The minimum absolute atomic E-state index is 0.0633. The monoisotopic (exact) mass is 258 g/mol. The van der Waals surface area contributed by atoms with E-state index in [2.05, 4.69) is 23.9 Å². The van der Waals surface area contributed by atoms with Crippen LogP contribution in [0.4, 0.5) is 0 Å². The summed E-state index contributed by atoms with van der Waals surface area (Å²) >= 11 is 0. The summed E-state index contributed by atoms with van der Waals surface area (Å²) in [5.74, 6) is 0.489. The van der Waals surface area contributed by atoms with Gasteiger partial charge in [0.15, 0.2) is 0 Å². The number of rotatable bonds is 8. The number of likely N-dealkylation sites (tertiary alicyclic amines) is 1. The van der Waals surface area contributed by atoms with E-state index in [1.54, 1.807) is 6.92 Å². The lowest BCUT2D eigenvalue weighted by Crippen LogP contribution is -2.30. The number of likely N-dealkylation sites (N-methyl/N-ethyl adjacent to an activating group) is 1. The van der Waals surface area contributed by atoms with Crippen molar-refractivity contribution in [1.82, 2.24) is 9.80 Å². The lowest BCUT2D eigenvalue weighted by atomic mass is 10.1. The third-order valence-electron chi connectivity index (χ3n) is 3.20. The molecule has 1 fully saturated rings. The van der Waals surface area contributed by atoms with Crippen LogP contribution in [-0.2, 0) is 14.3 Å². The van der Waals surface area contributed by atoms with Crippen molar-refractivity contribution in [3.8, 4) is 0 Å².